The van der Waals surface area contributed by atoms with Crippen LogP contribution in [0.15, 0.2) is 30.4 Å². The molecule has 84 valence electrons. The van der Waals surface area contributed by atoms with Crippen molar-refractivity contribution in [3.05, 3.63) is 41.5 Å². The van der Waals surface area contributed by atoms with Crippen LogP contribution in [0.2, 0.25) is 0 Å². The highest BCUT2D eigenvalue weighted by Gasteiger charge is 2.18. The fourth-order valence-electron chi connectivity index (χ4n) is 1.68. The normalized spacial score (nSPS) is 18.7. The predicted octanol–water partition coefficient (Wildman–Crippen LogP) is 2.74. The van der Waals surface area contributed by atoms with Gasteiger partial charge >= 0.3 is 5.97 Å². The molecule has 0 bridgehead atoms. The first-order valence-corrected chi connectivity index (χ1v) is 5.96. The number of ether oxygens (including phenoxy) is 1. The molecule has 1 aliphatic heterocycles. The summed E-state index contributed by atoms with van der Waals surface area (Å²) in [5, 5.41) is 9.15. The summed E-state index contributed by atoms with van der Waals surface area (Å²) in [5.74, 6) is 0.801. The zero-order valence-electron chi connectivity index (χ0n) is 8.84. The molecular formula is C12H12O3S. The molecule has 1 unspecified atom stereocenters. The van der Waals surface area contributed by atoms with Gasteiger partial charge in [0.25, 0.3) is 0 Å². The molecule has 0 radical (unpaired) electrons. The number of benzene rings is 1. The standard InChI is InChI=1S/C12H12O3S/c1-15-10-5-4-8(12(13)14)7-9(10)11-3-2-6-16-11/h2-5,7,11H,6H2,1H3,(H,13,14). The molecule has 4 heteroatoms. The van der Waals surface area contributed by atoms with E-state index in [-0.39, 0.29) is 5.25 Å². The Labute approximate surface area is 98.1 Å². The van der Waals surface area contributed by atoms with E-state index >= 15 is 0 Å². The minimum atomic E-state index is -0.907. The SMILES string of the molecule is COc1ccc(C(=O)O)cc1C1C=CCS1. The fourth-order valence-corrected chi connectivity index (χ4v) is 2.69. The van der Waals surface area contributed by atoms with Gasteiger partial charge in [-0.2, -0.15) is 0 Å². The number of carbonyl (C=O) groups is 1. The van der Waals surface area contributed by atoms with E-state index in [9.17, 15) is 4.79 Å². The van der Waals surface area contributed by atoms with Gasteiger partial charge in [-0.05, 0) is 18.2 Å². The van der Waals surface area contributed by atoms with Crippen LogP contribution >= 0.6 is 11.8 Å². The van der Waals surface area contributed by atoms with Crippen molar-refractivity contribution in [2.45, 2.75) is 5.25 Å². The molecule has 1 N–H and O–H groups in total. The van der Waals surface area contributed by atoms with Crippen molar-refractivity contribution in [2.24, 2.45) is 0 Å². The lowest BCUT2D eigenvalue weighted by molar-refractivity contribution is 0.0696. The summed E-state index contributed by atoms with van der Waals surface area (Å²) >= 11 is 1.76. The largest absolute Gasteiger partial charge is 0.496 e. The van der Waals surface area contributed by atoms with E-state index in [1.807, 2.05) is 0 Å². The Morgan fingerprint density at radius 2 is 2.38 bits per heavy atom. The van der Waals surface area contributed by atoms with Gasteiger partial charge in [0.05, 0.1) is 17.9 Å². The zero-order chi connectivity index (χ0) is 11.5. The maximum atomic E-state index is 10.9. The maximum absolute atomic E-state index is 10.9. The quantitative estimate of drug-likeness (QED) is 0.820. The van der Waals surface area contributed by atoms with E-state index in [0.717, 1.165) is 17.1 Å². The van der Waals surface area contributed by atoms with Crippen LogP contribution in [-0.4, -0.2) is 23.9 Å². The highest BCUT2D eigenvalue weighted by atomic mass is 32.2. The Kier molecular flexibility index (Phi) is 3.19. The maximum Gasteiger partial charge on any atom is 0.335 e. The van der Waals surface area contributed by atoms with Crippen LogP contribution < -0.4 is 4.74 Å². The zero-order valence-corrected chi connectivity index (χ0v) is 9.66. The molecule has 0 aliphatic carbocycles. The van der Waals surface area contributed by atoms with E-state index in [1.165, 1.54) is 0 Å². The van der Waals surface area contributed by atoms with E-state index in [1.54, 1.807) is 37.1 Å². The minimum Gasteiger partial charge on any atom is -0.496 e. The van der Waals surface area contributed by atoms with Crippen molar-refractivity contribution in [2.75, 3.05) is 12.9 Å². The van der Waals surface area contributed by atoms with Crippen LogP contribution in [-0.2, 0) is 0 Å². The lowest BCUT2D eigenvalue weighted by Gasteiger charge is -2.13. The van der Waals surface area contributed by atoms with Gasteiger partial charge in [-0.1, -0.05) is 12.2 Å². The molecule has 0 saturated heterocycles. The number of hydrogen-bond acceptors (Lipinski definition) is 3. The van der Waals surface area contributed by atoms with Crippen LogP contribution in [0.1, 0.15) is 21.2 Å². The molecule has 0 spiro atoms. The Balaban J connectivity index is 2.42. The summed E-state index contributed by atoms with van der Waals surface area (Å²) < 4.78 is 5.25. The summed E-state index contributed by atoms with van der Waals surface area (Å²) in [6.07, 6.45) is 4.16. The topological polar surface area (TPSA) is 46.5 Å². The fraction of sp³-hybridized carbons (Fsp3) is 0.250. The van der Waals surface area contributed by atoms with Gasteiger partial charge in [0.1, 0.15) is 5.75 Å². The summed E-state index contributed by atoms with van der Waals surface area (Å²) in [4.78, 5) is 10.9. The van der Waals surface area contributed by atoms with Crippen molar-refractivity contribution in [1.82, 2.24) is 0 Å². The highest BCUT2D eigenvalue weighted by Crippen LogP contribution is 2.39. The molecule has 0 aromatic heterocycles. The third-order valence-corrected chi connectivity index (χ3v) is 3.62. The molecule has 1 aromatic carbocycles. The summed E-state index contributed by atoms with van der Waals surface area (Å²) in [5.41, 5.74) is 1.23. The molecule has 1 aromatic rings. The number of thioether (sulfide) groups is 1. The van der Waals surface area contributed by atoms with Crippen molar-refractivity contribution < 1.29 is 14.6 Å². The average Bonchev–Trinajstić information content (AvgIpc) is 2.81. The second-order valence-corrected chi connectivity index (χ2v) is 4.62. The van der Waals surface area contributed by atoms with E-state index in [2.05, 4.69) is 12.2 Å². The van der Waals surface area contributed by atoms with Crippen molar-refractivity contribution in [3.63, 3.8) is 0 Å². The first-order chi connectivity index (χ1) is 7.72. The van der Waals surface area contributed by atoms with Crippen LogP contribution in [0.25, 0.3) is 0 Å². The molecule has 0 amide bonds. The third kappa shape index (κ3) is 2.07. The molecule has 0 fully saturated rings. The van der Waals surface area contributed by atoms with Gasteiger partial charge in [0.2, 0.25) is 0 Å². The average molecular weight is 236 g/mol. The first kappa shape index (κ1) is 11.1. The van der Waals surface area contributed by atoms with Crippen molar-refractivity contribution >= 4 is 17.7 Å². The summed E-state index contributed by atoms with van der Waals surface area (Å²) in [7, 11) is 1.60. The lowest BCUT2D eigenvalue weighted by Crippen LogP contribution is -2.00. The molecule has 1 atom stereocenters. The van der Waals surface area contributed by atoms with E-state index in [4.69, 9.17) is 9.84 Å². The number of methoxy groups -OCH3 is 1. The van der Waals surface area contributed by atoms with Crippen molar-refractivity contribution in [3.8, 4) is 5.75 Å². The second-order valence-electron chi connectivity index (χ2n) is 3.44. The van der Waals surface area contributed by atoms with Crippen LogP contribution in [0.3, 0.4) is 0 Å². The Morgan fingerprint density at radius 3 is 2.94 bits per heavy atom. The van der Waals surface area contributed by atoms with E-state index < -0.39 is 5.97 Å². The molecule has 16 heavy (non-hydrogen) atoms. The highest BCUT2D eigenvalue weighted by molar-refractivity contribution is 8.00. The van der Waals surface area contributed by atoms with Gasteiger partial charge in [0, 0.05) is 11.3 Å². The van der Waals surface area contributed by atoms with Crippen LogP contribution in [0.4, 0.5) is 0 Å². The van der Waals surface area contributed by atoms with Crippen LogP contribution in [0.5, 0.6) is 5.75 Å². The van der Waals surface area contributed by atoms with Gasteiger partial charge in [-0.15, -0.1) is 11.8 Å². The van der Waals surface area contributed by atoms with E-state index in [0.29, 0.717) is 5.56 Å². The number of carboxylic acids is 1. The molecule has 2 rings (SSSR count). The monoisotopic (exact) mass is 236 g/mol. The molecule has 1 heterocycles. The molecular weight excluding hydrogens is 224 g/mol. The number of aromatic carboxylic acids is 1. The predicted molar refractivity (Wildman–Crippen MR) is 64.3 cm³/mol. The minimum absolute atomic E-state index is 0.203. The van der Waals surface area contributed by atoms with Crippen LogP contribution in [0, 0.1) is 0 Å². The number of hydrogen-bond donors (Lipinski definition) is 1. The Hall–Kier alpha value is -1.42. The van der Waals surface area contributed by atoms with Gasteiger partial charge in [-0.3, -0.25) is 0 Å². The van der Waals surface area contributed by atoms with Crippen molar-refractivity contribution in [1.29, 1.82) is 0 Å². The molecule has 3 nitrogen and oxygen atoms in total. The van der Waals surface area contributed by atoms with Gasteiger partial charge in [0.15, 0.2) is 0 Å². The number of rotatable bonds is 3. The lowest BCUT2D eigenvalue weighted by atomic mass is 10.1. The third-order valence-electron chi connectivity index (χ3n) is 2.47. The number of carboxylic acid groups (broad SMARTS) is 1. The first-order valence-electron chi connectivity index (χ1n) is 4.92. The smallest absolute Gasteiger partial charge is 0.335 e. The Morgan fingerprint density at radius 1 is 1.56 bits per heavy atom. The summed E-state index contributed by atoms with van der Waals surface area (Å²) in [6.45, 7) is 0. The molecule has 0 saturated carbocycles. The van der Waals surface area contributed by atoms with Gasteiger partial charge < -0.3 is 9.84 Å². The Bertz CT molecular complexity index is 440. The van der Waals surface area contributed by atoms with Gasteiger partial charge in [-0.25, -0.2) is 4.79 Å². The summed E-state index contributed by atoms with van der Waals surface area (Å²) in [6, 6.07) is 4.97. The molecule has 1 aliphatic rings. The second kappa shape index (κ2) is 4.61.